The Labute approximate surface area is 128 Å². The first-order valence-corrected chi connectivity index (χ1v) is 7.47. The molecule has 1 fully saturated rings. The van der Waals surface area contributed by atoms with E-state index in [1.165, 1.54) is 12.1 Å². The van der Waals surface area contributed by atoms with E-state index in [0.717, 1.165) is 6.42 Å². The lowest BCUT2D eigenvalue weighted by molar-refractivity contribution is -0.142. The number of hydrogen-bond acceptors (Lipinski definition) is 3. The first kappa shape index (κ1) is 16.3. The molecule has 0 aromatic heterocycles. The Morgan fingerprint density at radius 1 is 1.32 bits per heavy atom. The molecule has 1 aliphatic rings. The molecule has 1 aromatic carbocycles. The number of carboxylic acid groups (broad SMARTS) is 1. The monoisotopic (exact) mass is 309 g/mol. The molecule has 22 heavy (non-hydrogen) atoms. The first-order valence-electron chi connectivity index (χ1n) is 7.47. The highest BCUT2D eigenvalue weighted by molar-refractivity contribution is 5.78. The molecule has 1 amide bonds. The summed E-state index contributed by atoms with van der Waals surface area (Å²) in [7, 11) is 0. The summed E-state index contributed by atoms with van der Waals surface area (Å²) in [4.78, 5) is 22.8. The number of rotatable bonds is 7. The number of carbonyl (C=O) groups excluding carboxylic acids is 1. The van der Waals surface area contributed by atoms with Crippen molar-refractivity contribution in [1.82, 2.24) is 5.32 Å². The van der Waals surface area contributed by atoms with Gasteiger partial charge in [0.05, 0.1) is 12.5 Å². The van der Waals surface area contributed by atoms with E-state index in [2.05, 4.69) is 5.32 Å². The van der Waals surface area contributed by atoms with Crippen molar-refractivity contribution in [3.63, 3.8) is 0 Å². The average molecular weight is 309 g/mol. The Bertz CT molecular complexity index is 535. The van der Waals surface area contributed by atoms with Gasteiger partial charge in [0.25, 0.3) is 0 Å². The van der Waals surface area contributed by atoms with Crippen molar-refractivity contribution in [2.45, 2.75) is 38.1 Å². The Hall–Kier alpha value is -2.11. The second kappa shape index (κ2) is 7.77. The van der Waals surface area contributed by atoms with Crippen LogP contribution in [0.2, 0.25) is 0 Å². The summed E-state index contributed by atoms with van der Waals surface area (Å²) in [6.45, 7) is 0.237. The van der Waals surface area contributed by atoms with Gasteiger partial charge in [-0.1, -0.05) is 18.6 Å². The smallest absolute Gasteiger partial charge is 0.308 e. The number of nitrogens with one attached hydrogen (secondary N) is 1. The molecule has 0 aliphatic heterocycles. The zero-order chi connectivity index (χ0) is 15.9. The molecule has 2 rings (SSSR count). The van der Waals surface area contributed by atoms with Gasteiger partial charge < -0.3 is 15.2 Å². The lowest BCUT2D eigenvalue weighted by atomic mass is 10.0. The van der Waals surface area contributed by atoms with E-state index in [4.69, 9.17) is 9.84 Å². The van der Waals surface area contributed by atoms with Crippen molar-refractivity contribution in [2.24, 2.45) is 5.92 Å². The lowest BCUT2D eigenvalue weighted by Gasteiger charge is -2.17. The maximum absolute atomic E-state index is 13.3. The van der Waals surface area contributed by atoms with Gasteiger partial charge in [-0.25, -0.2) is 4.39 Å². The minimum Gasteiger partial charge on any atom is -0.491 e. The van der Waals surface area contributed by atoms with Crippen molar-refractivity contribution in [3.8, 4) is 5.75 Å². The van der Waals surface area contributed by atoms with Crippen LogP contribution in [0, 0.1) is 11.7 Å². The van der Waals surface area contributed by atoms with Gasteiger partial charge in [-0.15, -0.1) is 0 Å². The molecule has 0 spiro atoms. The fourth-order valence-electron chi connectivity index (χ4n) is 2.68. The number of benzene rings is 1. The number of carbonyl (C=O) groups is 2. The van der Waals surface area contributed by atoms with E-state index in [-0.39, 0.29) is 30.7 Å². The van der Waals surface area contributed by atoms with E-state index in [0.29, 0.717) is 19.3 Å². The highest BCUT2D eigenvalue weighted by Gasteiger charge is 2.33. The molecule has 120 valence electrons. The molecule has 2 atom stereocenters. The molecular formula is C16H20FNO4. The van der Waals surface area contributed by atoms with Gasteiger partial charge >= 0.3 is 5.97 Å². The van der Waals surface area contributed by atoms with Crippen LogP contribution in [0.15, 0.2) is 24.3 Å². The number of carboxylic acids is 1. The van der Waals surface area contributed by atoms with Crippen LogP contribution in [-0.4, -0.2) is 29.6 Å². The Kier molecular flexibility index (Phi) is 5.75. The predicted octanol–water partition coefficient (Wildman–Crippen LogP) is 2.35. The third kappa shape index (κ3) is 4.44. The maximum atomic E-state index is 13.3. The molecule has 1 aromatic rings. The van der Waals surface area contributed by atoms with E-state index < -0.39 is 17.7 Å². The third-order valence-corrected chi connectivity index (χ3v) is 3.82. The van der Waals surface area contributed by atoms with Gasteiger partial charge in [0, 0.05) is 12.5 Å². The fraction of sp³-hybridized carbons (Fsp3) is 0.500. The SMILES string of the molecule is O=C(CCCOc1ccccc1F)N[C@H]1CCC[C@H]1C(=O)O. The number of para-hydroxylation sites is 1. The molecule has 0 saturated heterocycles. The van der Waals surface area contributed by atoms with Gasteiger partial charge in [-0.2, -0.15) is 0 Å². The second-order valence-electron chi connectivity index (χ2n) is 5.43. The third-order valence-electron chi connectivity index (χ3n) is 3.82. The van der Waals surface area contributed by atoms with Crippen molar-refractivity contribution in [1.29, 1.82) is 0 Å². The van der Waals surface area contributed by atoms with Crippen LogP contribution in [0.3, 0.4) is 0 Å². The van der Waals surface area contributed by atoms with Gasteiger partial charge in [0.2, 0.25) is 5.91 Å². The van der Waals surface area contributed by atoms with Gasteiger partial charge in [-0.05, 0) is 31.4 Å². The lowest BCUT2D eigenvalue weighted by Crippen LogP contribution is -2.40. The summed E-state index contributed by atoms with van der Waals surface area (Å²) < 4.78 is 18.6. The number of halogens is 1. The standard InChI is InChI=1S/C16H20FNO4/c17-12-6-1-2-8-14(12)22-10-4-9-15(19)18-13-7-3-5-11(13)16(20)21/h1-2,6,8,11,13H,3-5,7,9-10H2,(H,18,19)(H,20,21)/t11-,13+/m1/s1. The van der Waals surface area contributed by atoms with Crippen LogP contribution in [0.4, 0.5) is 4.39 Å². The average Bonchev–Trinajstić information content (AvgIpc) is 2.93. The number of ether oxygens (including phenoxy) is 1. The van der Waals surface area contributed by atoms with Gasteiger partial charge in [0.15, 0.2) is 11.6 Å². The van der Waals surface area contributed by atoms with Crippen LogP contribution in [0.5, 0.6) is 5.75 Å². The molecule has 0 radical (unpaired) electrons. The second-order valence-corrected chi connectivity index (χ2v) is 5.43. The molecule has 0 heterocycles. The fourth-order valence-corrected chi connectivity index (χ4v) is 2.68. The minimum absolute atomic E-state index is 0.171. The van der Waals surface area contributed by atoms with Crippen LogP contribution in [0.25, 0.3) is 0 Å². The summed E-state index contributed by atoms with van der Waals surface area (Å²) in [6, 6.07) is 5.82. The summed E-state index contributed by atoms with van der Waals surface area (Å²) in [5, 5.41) is 11.8. The predicted molar refractivity (Wildman–Crippen MR) is 78.0 cm³/mol. The van der Waals surface area contributed by atoms with Crippen LogP contribution in [0.1, 0.15) is 32.1 Å². The number of hydrogen-bond donors (Lipinski definition) is 2. The molecule has 1 saturated carbocycles. The number of amides is 1. The Balaban J connectivity index is 1.68. The largest absolute Gasteiger partial charge is 0.491 e. The quantitative estimate of drug-likeness (QED) is 0.758. The van der Waals surface area contributed by atoms with Gasteiger partial charge in [-0.3, -0.25) is 9.59 Å². The van der Waals surface area contributed by atoms with Crippen LogP contribution < -0.4 is 10.1 Å². The van der Waals surface area contributed by atoms with E-state index in [1.807, 2.05) is 0 Å². The molecule has 5 nitrogen and oxygen atoms in total. The highest BCUT2D eigenvalue weighted by atomic mass is 19.1. The summed E-state index contributed by atoms with van der Waals surface area (Å²) >= 11 is 0. The molecule has 0 unspecified atom stereocenters. The van der Waals surface area contributed by atoms with Crippen LogP contribution >= 0.6 is 0 Å². The minimum atomic E-state index is -0.856. The van der Waals surface area contributed by atoms with Crippen molar-refractivity contribution < 1.29 is 23.8 Å². The van der Waals surface area contributed by atoms with E-state index in [1.54, 1.807) is 12.1 Å². The topological polar surface area (TPSA) is 75.6 Å². The van der Waals surface area contributed by atoms with Crippen LogP contribution in [-0.2, 0) is 9.59 Å². The summed E-state index contributed by atoms with van der Waals surface area (Å²) in [5.41, 5.74) is 0. The molecule has 6 heteroatoms. The Morgan fingerprint density at radius 2 is 2.09 bits per heavy atom. The van der Waals surface area contributed by atoms with E-state index >= 15 is 0 Å². The Morgan fingerprint density at radius 3 is 2.82 bits per heavy atom. The van der Waals surface area contributed by atoms with Crippen molar-refractivity contribution >= 4 is 11.9 Å². The zero-order valence-corrected chi connectivity index (χ0v) is 12.3. The first-order chi connectivity index (χ1) is 10.6. The molecule has 2 N–H and O–H groups in total. The van der Waals surface area contributed by atoms with Gasteiger partial charge in [0.1, 0.15) is 0 Å². The zero-order valence-electron chi connectivity index (χ0n) is 12.3. The maximum Gasteiger partial charge on any atom is 0.308 e. The summed E-state index contributed by atoms with van der Waals surface area (Å²) in [5.74, 6) is -1.79. The molecular weight excluding hydrogens is 289 g/mol. The molecule has 0 bridgehead atoms. The number of aliphatic carboxylic acids is 1. The van der Waals surface area contributed by atoms with Crippen molar-refractivity contribution in [3.05, 3.63) is 30.1 Å². The van der Waals surface area contributed by atoms with Crippen molar-refractivity contribution in [2.75, 3.05) is 6.61 Å². The summed E-state index contributed by atoms with van der Waals surface area (Å²) in [6.07, 6.45) is 2.81. The normalized spacial score (nSPS) is 20.6. The van der Waals surface area contributed by atoms with E-state index in [9.17, 15) is 14.0 Å². The molecule has 1 aliphatic carbocycles. The highest BCUT2D eigenvalue weighted by Crippen LogP contribution is 2.25.